The summed E-state index contributed by atoms with van der Waals surface area (Å²) in [6.45, 7) is 7.35. The Hall–Kier alpha value is -0.610. The Morgan fingerprint density at radius 3 is 2.59 bits per heavy atom. The van der Waals surface area contributed by atoms with Crippen molar-refractivity contribution in [2.24, 2.45) is 5.92 Å². The van der Waals surface area contributed by atoms with Gasteiger partial charge in [-0.1, -0.05) is 0 Å². The van der Waals surface area contributed by atoms with Crippen molar-refractivity contribution in [3.63, 3.8) is 0 Å². The van der Waals surface area contributed by atoms with Gasteiger partial charge < -0.3 is 9.47 Å². The first-order chi connectivity index (χ1) is 7.98. The van der Waals surface area contributed by atoms with Crippen LogP contribution in [0.3, 0.4) is 0 Å². The van der Waals surface area contributed by atoms with E-state index in [4.69, 9.17) is 9.47 Å². The molecule has 1 fully saturated rings. The standard InChI is InChI=1S/C13H25NO3/c1-10(2)14-13(3,12(15)16-4)7-8-17-9-11-5-6-11/h10-11,14H,5-9H2,1-4H3. The molecule has 0 spiro atoms. The molecule has 0 aromatic rings. The van der Waals surface area contributed by atoms with E-state index in [-0.39, 0.29) is 12.0 Å². The molecule has 17 heavy (non-hydrogen) atoms. The molecule has 0 aromatic heterocycles. The van der Waals surface area contributed by atoms with Crippen molar-refractivity contribution in [2.45, 2.75) is 51.6 Å². The van der Waals surface area contributed by atoms with Crippen molar-refractivity contribution in [2.75, 3.05) is 20.3 Å². The van der Waals surface area contributed by atoms with Gasteiger partial charge in [0.15, 0.2) is 0 Å². The number of carbonyl (C=O) groups excluding carboxylic acids is 1. The third kappa shape index (κ3) is 5.04. The molecule has 4 nitrogen and oxygen atoms in total. The van der Waals surface area contributed by atoms with Gasteiger partial charge >= 0.3 is 5.97 Å². The van der Waals surface area contributed by atoms with E-state index >= 15 is 0 Å². The lowest BCUT2D eigenvalue weighted by Gasteiger charge is -2.30. The van der Waals surface area contributed by atoms with Crippen LogP contribution >= 0.6 is 0 Å². The molecule has 1 unspecified atom stereocenters. The Kier molecular flexibility index (Phi) is 5.40. The number of hydrogen-bond acceptors (Lipinski definition) is 4. The molecule has 100 valence electrons. The summed E-state index contributed by atoms with van der Waals surface area (Å²) in [5.41, 5.74) is -0.646. The Bertz CT molecular complexity index is 251. The summed E-state index contributed by atoms with van der Waals surface area (Å²) in [5.74, 6) is 0.540. The molecule has 1 rings (SSSR count). The summed E-state index contributed by atoms with van der Waals surface area (Å²) in [4.78, 5) is 11.8. The fraction of sp³-hybridized carbons (Fsp3) is 0.923. The van der Waals surface area contributed by atoms with Crippen LogP contribution in [0.4, 0.5) is 0 Å². The van der Waals surface area contributed by atoms with E-state index in [2.05, 4.69) is 5.32 Å². The molecule has 0 saturated heterocycles. The van der Waals surface area contributed by atoms with Crippen LogP contribution in [0.25, 0.3) is 0 Å². The fourth-order valence-electron chi connectivity index (χ4n) is 1.91. The summed E-state index contributed by atoms with van der Waals surface area (Å²) in [6, 6.07) is 0.238. The molecule has 0 aliphatic heterocycles. The molecule has 1 aliphatic carbocycles. The third-order valence-electron chi connectivity index (χ3n) is 3.04. The normalized spacial score (nSPS) is 19.1. The van der Waals surface area contributed by atoms with E-state index in [9.17, 15) is 4.79 Å². The predicted octanol–water partition coefficient (Wildman–Crippen LogP) is 1.73. The maximum absolute atomic E-state index is 11.8. The SMILES string of the molecule is COC(=O)C(C)(CCOCC1CC1)NC(C)C. The molecule has 1 N–H and O–H groups in total. The molecule has 1 aliphatic rings. The van der Waals surface area contributed by atoms with E-state index < -0.39 is 5.54 Å². The summed E-state index contributed by atoms with van der Waals surface area (Å²) in [5, 5.41) is 3.26. The predicted molar refractivity (Wildman–Crippen MR) is 66.9 cm³/mol. The number of methoxy groups -OCH3 is 1. The summed E-state index contributed by atoms with van der Waals surface area (Å²) < 4.78 is 10.4. The zero-order valence-electron chi connectivity index (χ0n) is 11.4. The molecule has 0 aromatic carbocycles. The summed E-state index contributed by atoms with van der Waals surface area (Å²) in [7, 11) is 1.42. The minimum atomic E-state index is -0.646. The number of carbonyl (C=O) groups is 1. The molecule has 0 radical (unpaired) electrons. The highest BCUT2D eigenvalue weighted by atomic mass is 16.5. The van der Waals surface area contributed by atoms with Gasteiger partial charge in [0.1, 0.15) is 5.54 Å². The number of esters is 1. The van der Waals surface area contributed by atoms with Crippen molar-refractivity contribution in [3.8, 4) is 0 Å². The molecule has 0 bridgehead atoms. The topological polar surface area (TPSA) is 47.6 Å². The first kappa shape index (κ1) is 14.5. The monoisotopic (exact) mass is 243 g/mol. The van der Waals surface area contributed by atoms with Crippen LogP contribution in [0.15, 0.2) is 0 Å². The van der Waals surface area contributed by atoms with Gasteiger partial charge in [-0.05, 0) is 46.0 Å². The van der Waals surface area contributed by atoms with E-state index in [1.54, 1.807) is 0 Å². The highest BCUT2D eigenvalue weighted by Crippen LogP contribution is 2.29. The van der Waals surface area contributed by atoms with Crippen molar-refractivity contribution in [3.05, 3.63) is 0 Å². The van der Waals surface area contributed by atoms with Gasteiger partial charge in [0, 0.05) is 19.3 Å². The maximum atomic E-state index is 11.8. The Morgan fingerprint density at radius 2 is 2.12 bits per heavy atom. The second kappa shape index (κ2) is 6.36. The fourth-order valence-corrected chi connectivity index (χ4v) is 1.91. The van der Waals surface area contributed by atoms with Crippen LogP contribution in [0, 0.1) is 5.92 Å². The van der Waals surface area contributed by atoms with Gasteiger partial charge in [0.2, 0.25) is 0 Å². The molecule has 4 heteroatoms. The smallest absolute Gasteiger partial charge is 0.325 e. The average molecular weight is 243 g/mol. The largest absolute Gasteiger partial charge is 0.468 e. The molecule has 1 saturated carbocycles. The number of nitrogens with one attached hydrogen (secondary N) is 1. The van der Waals surface area contributed by atoms with Crippen LogP contribution in [-0.2, 0) is 14.3 Å². The molecule has 1 atom stereocenters. The van der Waals surface area contributed by atoms with Crippen LogP contribution in [0.5, 0.6) is 0 Å². The van der Waals surface area contributed by atoms with Crippen molar-refractivity contribution < 1.29 is 14.3 Å². The van der Waals surface area contributed by atoms with Crippen LogP contribution in [0.2, 0.25) is 0 Å². The van der Waals surface area contributed by atoms with Crippen LogP contribution in [0.1, 0.15) is 40.0 Å². The maximum Gasteiger partial charge on any atom is 0.325 e. The zero-order valence-corrected chi connectivity index (χ0v) is 11.4. The van der Waals surface area contributed by atoms with E-state index in [1.807, 2.05) is 20.8 Å². The van der Waals surface area contributed by atoms with Crippen molar-refractivity contribution in [1.29, 1.82) is 0 Å². The Balaban J connectivity index is 2.35. The lowest BCUT2D eigenvalue weighted by molar-refractivity contribution is -0.149. The van der Waals surface area contributed by atoms with Crippen LogP contribution in [-0.4, -0.2) is 37.9 Å². The molecular formula is C13H25NO3. The lowest BCUT2D eigenvalue weighted by Crippen LogP contribution is -2.53. The number of hydrogen-bond donors (Lipinski definition) is 1. The third-order valence-corrected chi connectivity index (χ3v) is 3.04. The second-order valence-corrected chi connectivity index (χ2v) is 5.39. The first-order valence-electron chi connectivity index (χ1n) is 6.42. The first-order valence-corrected chi connectivity index (χ1v) is 6.42. The van der Waals surface area contributed by atoms with E-state index in [0.717, 1.165) is 12.5 Å². The summed E-state index contributed by atoms with van der Waals surface area (Å²) in [6.07, 6.45) is 3.22. The van der Waals surface area contributed by atoms with Gasteiger partial charge in [-0.3, -0.25) is 10.1 Å². The molecule has 0 heterocycles. The van der Waals surface area contributed by atoms with E-state index in [1.165, 1.54) is 20.0 Å². The highest BCUT2D eigenvalue weighted by molar-refractivity contribution is 5.80. The van der Waals surface area contributed by atoms with Gasteiger partial charge in [-0.2, -0.15) is 0 Å². The highest BCUT2D eigenvalue weighted by Gasteiger charge is 2.34. The second-order valence-electron chi connectivity index (χ2n) is 5.39. The minimum Gasteiger partial charge on any atom is -0.468 e. The Morgan fingerprint density at radius 1 is 1.47 bits per heavy atom. The van der Waals surface area contributed by atoms with Crippen molar-refractivity contribution in [1.82, 2.24) is 5.32 Å². The average Bonchev–Trinajstić information content (AvgIpc) is 3.06. The van der Waals surface area contributed by atoms with Gasteiger partial charge in [0.25, 0.3) is 0 Å². The van der Waals surface area contributed by atoms with Gasteiger partial charge in [0.05, 0.1) is 7.11 Å². The van der Waals surface area contributed by atoms with Gasteiger partial charge in [-0.15, -0.1) is 0 Å². The summed E-state index contributed by atoms with van der Waals surface area (Å²) >= 11 is 0. The number of ether oxygens (including phenoxy) is 2. The van der Waals surface area contributed by atoms with Gasteiger partial charge in [-0.25, -0.2) is 0 Å². The lowest BCUT2D eigenvalue weighted by atomic mass is 9.97. The quantitative estimate of drug-likeness (QED) is 0.521. The molecular weight excluding hydrogens is 218 g/mol. The number of rotatable bonds is 8. The minimum absolute atomic E-state index is 0.221. The Labute approximate surface area is 104 Å². The van der Waals surface area contributed by atoms with Crippen LogP contribution < -0.4 is 5.32 Å². The molecule has 0 amide bonds. The van der Waals surface area contributed by atoms with E-state index in [0.29, 0.717) is 13.0 Å². The zero-order chi connectivity index (χ0) is 12.9. The van der Waals surface area contributed by atoms with Crippen molar-refractivity contribution >= 4 is 5.97 Å².